The van der Waals surface area contributed by atoms with Crippen LogP contribution in [0, 0.1) is 0 Å². The monoisotopic (exact) mass is 184 g/mol. The van der Waals surface area contributed by atoms with E-state index in [4.69, 9.17) is 9.47 Å². The molecule has 0 N–H and O–H groups in total. The topological polar surface area (TPSA) is 38.8 Å². The maximum Gasteiger partial charge on any atom is 0.330 e. The van der Waals surface area contributed by atoms with E-state index in [1.54, 1.807) is 0 Å². The van der Waals surface area contributed by atoms with Crippen molar-refractivity contribution in [2.45, 2.75) is 38.4 Å². The molecule has 1 fully saturated rings. The van der Waals surface area contributed by atoms with Crippen LogP contribution in [0.25, 0.3) is 0 Å². The van der Waals surface area contributed by atoms with E-state index >= 15 is 0 Å². The highest BCUT2D eigenvalue weighted by Gasteiger charge is 2.37. The Balaban J connectivity index is 1.96. The Kier molecular flexibility index (Phi) is 3.96. The molecule has 13 heavy (non-hydrogen) atoms. The molecule has 0 aromatic heterocycles. The summed E-state index contributed by atoms with van der Waals surface area (Å²) in [5, 5.41) is 0. The quantitative estimate of drug-likeness (QED) is 0.358. The fourth-order valence-corrected chi connectivity index (χ4v) is 1.31. The van der Waals surface area contributed by atoms with Crippen LogP contribution in [0.4, 0.5) is 0 Å². The second kappa shape index (κ2) is 5.02. The van der Waals surface area contributed by atoms with Crippen LogP contribution >= 0.6 is 0 Å². The molecule has 2 atom stereocenters. The molecule has 0 saturated carbocycles. The molecule has 0 aromatic carbocycles. The van der Waals surface area contributed by atoms with Gasteiger partial charge in [-0.05, 0) is 6.42 Å². The average molecular weight is 184 g/mol. The molecule has 3 nitrogen and oxygen atoms in total. The molecule has 1 saturated heterocycles. The number of hydrogen-bond donors (Lipinski definition) is 0. The lowest BCUT2D eigenvalue weighted by atomic mass is 10.2. The maximum absolute atomic E-state index is 10.6. The van der Waals surface area contributed by atoms with E-state index in [1.165, 1.54) is 6.08 Å². The summed E-state index contributed by atoms with van der Waals surface area (Å²) >= 11 is 0. The van der Waals surface area contributed by atoms with Gasteiger partial charge in [0.1, 0.15) is 0 Å². The third kappa shape index (κ3) is 3.59. The van der Waals surface area contributed by atoms with Crippen LogP contribution in [-0.4, -0.2) is 24.8 Å². The summed E-state index contributed by atoms with van der Waals surface area (Å²) in [7, 11) is 0. The largest absolute Gasteiger partial charge is 0.462 e. The molecule has 1 rings (SSSR count). The molecule has 1 aliphatic heterocycles. The maximum atomic E-state index is 10.6. The van der Waals surface area contributed by atoms with Crippen molar-refractivity contribution in [1.82, 2.24) is 0 Å². The Morgan fingerprint density at radius 3 is 2.85 bits per heavy atom. The minimum atomic E-state index is -0.354. The molecule has 0 spiro atoms. The van der Waals surface area contributed by atoms with Gasteiger partial charge in [0.15, 0.2) is 0 Å². The van der Waals surface area contributed by atoms with Gasteiger partial charge in [0, 0.05) is 12.5 Å². The van der Waals surface area contributed by atoms with Crippen LogP contribution in [0.1, 0.15) is 26.2 Å². The van der Waals surface area contributed by atoms with Gasteiger partial charge in [-0.3, -0.25) is 0 Å². The number of carbonyl (C=O) groups is 1. The van der Waals surface area contributed by atoms with Crippen LogP contribution in [0.15, 0.2) is 12.7 Å². The zero-order valence-electron chi connectivity index (χ0n) is 7.99. The highest BCUT2D eigenvalue weighted by molar-refractivity contribution is 5.81. The fraction of sp³-hybridized carbons (Fsp3) is 0.700. The summed E-state index contributed by atoms with van der Waals surface area (Å²) < 4.78 is 10.2. The third-order valence-corrected chi connectivity index (χ3v) is 2.07. The van der Waals surface area contributed by atoms with Crippen molar-refractivity contribution >= 4 is 5.97 Å². The molecule has 0 radical (unpaired) electrons. The number of hydrogen-bond acceptors (Lipinski definition) is 3. The minimum absolute atomic E-state index is 0.317. The second-order valence-electron chi connectivity index (χ2n) is 3.16. The van der Waals surface area contributed by atoms with Crippen molar-refractivity contribution in [2.24, 2.45) is 0 Å². The lowest BCUT2D eigenvalue weighted by molar-refractivity contribution is -0.137. The molecule has 0 aliphatic carbocycles. The molecule has 0 aromatic rings. The first-order chi connectivity index (χ1) is 6.27. The molecule has 0 bridgehead atoms. The molecule has 74 valence electrons. The first kappa shape index (κ1) is 10.3. The van der Waals surface area contributed by atoms with Crippen molar-refractivity contribution < 1.29 is 14.3 Å². The summed E-state index contributed by atoms with van der Waals surface area (Å²) in [5.41, 5.74) is 0. The Bertz CT molecular complexity index is 189. The Labute approximate surface area is 78.7 Å². The predicted molar refractivity (Wildman–Crippen MR) is 49.3 cm³/mol. The first-order valence-corrected chi connectivity index (χ1v) is 4.72. The van der Waals surface area contributed by atoms with Gasteiger partial charge in [-0.25, -0.2) is 4.79 Å². The zero-order chi connectivity index (χ0) is 9.68. The van der Waals surface area contributed by atoms with Gasteiger partial charge in [-0.2, -0.15) is 0 Å². The Morgan fingerprint density at radius 2 is 2.23 bits per heavy atom. The highest BCUT2D eigenvalue weighted by Crippen LogP contribution is 2.28. The molecule has 0 amide bonds. The molecule has 3 heteroatoms. The number of rotatable bonds is 6. The summed E-state index contributed by atoms with van der Waals surface area (Å²) in [5.74, 6) is -0.354. The summed E-state index contributed by atoms with van der Waals surface area (Å²) in [6, 6.07) is 0. The Hall–Kier alpha value is -0.830. The highest BCUT2D eigenvalue weighted by atomic mass is 16.6. The van der Waals surface area contributed by atoms with Crippen molar-refractivity contribution in [3.05, 3.63) is 12.7 Å². The number of carbonyl (C=O) groups excluding carboxylic acids is 1. The summed E-state index contributed by atoms with van der Waals surface area (Å²) in [4.78, 5) is 10.6. The van der Waals surface area contributed by atoms with Gasteiger partial charge in [0.05, 0.1) is 18.8 Å². The van der Waals surface area contributed by atoms with Crippen molar-refractivity contribution in [3.63, 3.8) is 0 Å². The molecular formula is C10H16O3. The standard InChI is InChI=1S/C10H16O3/c1-3-5-8-9(13-8)6-7-12-10(11)4-2/h4,8-9H,2-3,5-7H2,1H3. The molecule has 1 aliphatic rings. The minimum Gasteiger partial charge on any atom is -0.462 e. The van der Waals surface area contributed by atoms with Gasteiger partial charge in [-0.15, -0.1) is 0 Å². The van der Waals surface area contributed by atoms with E-state index in [2.05, 4.69) is 13.5 Å². The normalized spacial score (nSPS) is 25.3. The SMILES string of the molecule is C=CC(=O)OCCC1OC1CCC. The van der Waals surface area contributed by atoms with Crippen LogP contribution in [0.3, 0.4) is 0 Å². The van der Waals surface area contributed by atoms with Gasteiger partial charge in [0.25, 0.3) is 0 Å². The second-order valence-corrected chi connectivity index (χ2v) is 3.16. The van der Waals surface area contributed by atoms with E-state index in [0.717, 1.165) is 19.3 Å². The average Bonchev–Trinajstić information content (AvgIpc) is 2.84. The van der Waals surface area contributed by atoms with Crippen LogP contribution in [-0.2, 0) is 14.3 Å². The molecule has 1 heterocycles. The number of epoxide rings is 1. The summed E-state index contributed by atoms with van der Waals surface area (Å²) in [6.07, 6.45) is 4.97. The summed E-state index contributed by atoms with van der Waals surface area (Å²) in [6.45, 7) is 5.89. The van der Waals surface area contributed by atoms with Crippen LogP contribution in [0.2, 0.25) is 0 Å². The van der Waals surface area contributed by atoms with E-state index < -0.39 is 0 Å². The van der Waals surface area contributed by atoms with E-state index in [1.807, 2.05) is 0 Å². The van der Waals surface area contributed by atoms with Crippen LogP contribution < -0.4 is 0 Å². The smallest absolute Gasteiger partial charge is 0.330 e. The Morgan fingerprint density at radius 1 is 1.54 bits per heavy atom. The first-order valence-electron chi connectivity index (χ1n) is 4.72. The van der Waals surface area contributed by atoms with E-state index in [9.17, 15) is 4.79 Å². The fourth-order valence-electron chi connectivity index (χ4n) is 1.31. The zero-order valence-corrected chi connectivity index (χ0v) is 7.99. The third-order valence-electron chi connectivity index (χ3n) is 2.07. The van der Waals surface area contributed by atoms with E-state index in [-0.39, 0.29) is 5.97 Å². The predicted octanol–water partition coefficient (Wildman–Crippen LogP) is 1.67. The lowest BCUT2D eigenvalue weighted by Crippen LogP contribution is -2.05. The van der Waals surface area contributed by atoms with E-state index in [0.29, 0.717) is 18.8 Å². The molecular weight excluding hydrogens is 168 g/mol. The van der Waals surface area contributed by atoms with Gasteiger partial charge in [-0.1, -0.05) is 19.9 Å². The van der Waals surface area contributed by atoms with Crippen LogP contribution in [0.5, 0.6) is 0 Å². The van der Waals surface area contributed by atoms with Gasteiger partial charge >= 0.3 is 5.97 Å². The lowest BCUT2D eigenvalue weighted by Gasteiger charge is -1.98. The number of esters is 1. The van der Waals surface area contributed by atoms with Crippen molar-refractivity contribution in [1.29, 1.82) is 0 Å². The van der Waals surface area contributed by atoms with Gasteiger partial charge < -0.3 is 9.47 Å². The number of ether oxygens (including phenoxy) is 2. The van der Waals surface area contributed by atoms with Gasteiger partial charge in [0.2, 0.25) is 0 Å². The van der Waals surface area contributed by atoms with Crippen molar-refractivity contribution in [3.8, 4) is 0 Å². The van der Waals surface area contributed by atoms with Crippen molar-refractivity contribution in [2.75, 3.05) is 6.61 Å². The molecule has 2 unspecified atom stereocenters.